The predicted octanol–water partition coefficient (Wildman–Crippen LogP) is 3.14. The molecule has 21 heavy (non-hydrogen) atoms. The Bertz CT molecular complexity index is 508. The highest BCUT2D eigenvalue weighted by molar-refractivity contribution is 7.84. The van der Waals surface area contributed by atoms with Gasteiger partial charge in [0.25, 0.3) is 0 Å². The predicted molar refractivity (Wildman–Crippen MR) is 87.0 cm³/mol. The number of methoxy groups -OCH3 is 1. The summed E-state index contributed by atoms with van der Waals surface area (Å²) in [4.78, 5) is 0. The van der Waals surface area contributed by atoms with Gasteiger partial charge in [-0.3, -0.25) is 4.21 Å². The summed E-state index contributed by atoms with van der Waals surface area (Å²) in [5.74, 6) is 1.50. The van der Waals surface area contributed by atoms with Crippen LogP contribution in [0.1, 0.15) is 49.7 Å². The number of benzene rings is 1. The van der Waals surface area contributed by atoms with Crippen molar-refractivity contribution in [1.29, 1.82) is 0 Å². The molecule has 4 heteroatoms. The van der Waals surface area contributed by atoms with Crippen molar-refractivity contribution in [2.24, 2.45) is 0 Å². The van der Waals surface area contributed by atoms with Crippen LogP contribution in [0.2, 0.25) is 0 Å². The highest BCUT2D eigenvalue weighted by Gasteiger charge is 2.23. The summed E-state index contributed by atoms with van der Waals surface area (Å²) in [5.41, 5.74) is 2.36. The van der Waals surface area contributed by atoms with E-state index in [2.05, 4.69) is 17.4 Å². The SMILES string of the molecule is COc1ccc(CNC2CC2)cc1CS(=O)C1CCCC1. The number of hydrogen-bond donors (Lipinski definition) is 1. The molecule has 0 bridgehead atoms. The average molecular weight is 307 g/mol. The van der Waals surface area contributed by atoms with Gasteiger partial charge in [0.2, 0.25) is 0 Å². The minimum atomic E-state index is -0.767. The molecule has 0 aromatic heterocycles. The van der Waals surface area contributed by atoms with E-state index in [1.54, 1.807) is 7.11 Å². The zero-order valence-corrected chi connectivity index (χ0v) is 13.6. The first-order valence-corrected chi connectivity index (χ1v) is 9.41. The largest absolute Gasteiger partial charge is 0.496 e. The molecule has 0 spiro atoms. The zero-order chi connectivity index (χ0) is 14.7. The van der Waals surface area contributed by atoms with Crippen LogP contribution in [0, 0.1) is 0 Å². The zero-order valence-electron chi connectivity index (χ0n) is 12.8. The van der Waals surface area contributed by atoms with Crippen LogP contribution in [0.15, 0.2) is 18.2 Å². The lowest BCUT2D eigenvalue weighted by Gasteiger charge is -2.14. The highest BCUT2D eigenvalue weighted by atomic mass is 32.2. The Balaban J connectivity index is 1.67. The molecule has 3 rings (SSSR count). The van der Waals surface area contributed by atoms with E-state index < -0.39 is 10.8 Å². The molecule has 1 aromatic rings. The van der Waals surface area contributed by atoms with Gasteiger partial charge in [-0.25, -0.2) is 0 Å². The third-order valence-corrected chi connectivity index (χ3v) is 6.30. The van der Waals surface area contributed by atoms with E-state index >= 15 is 0 Å². The third-order valence-electron chi connectivity index (χ3n) is 4.49. The molecular formula is C17H25NO2S. The van der Waals surface area contributed by atoms with Gasteiger partial charge < -0.3 is 10.1 Å². The molecule has 0 radical (unpaired) electrons. The summed E-state index contributed by atoms with van der Waals surface area (Å²) in [7, 11) is 0.927. The van der Waals surface area contributed by atoms with Crippen molar-refractivity contribution in [2.75, 3.05) is 7.11 Å². The number of rotatable bonds is 7. The molecule has 2 saturated carbocycles. The van der Waals surface area contributed by atoms with Crippen LogP contribution >= 0.6 is 0 Å². The van der Waals surface area contributed by atoms with Crippen molar-refractivity contribution >= 4 is 10.8 Å². The van der Waals surface area contributed by atoms with Crippen LogP contribution < -0.4 is 10.1 Å². The van der Waals surface area contributed by atoms with E-state index in [-0.39, 0.29) is 0 Å². The molecule has 3 nitrogen and oxygen atoms in total. The Labute approximate surface area is 129 Å². The lowest BCUT2D eigenvalue weighted by molar-refractivity contribution is 0.411. The van der Waals surface area contributed by atoms with Crippen molar-refractivity contribution < 1.29 is 8.95 Å². The molecule has 1 N–H and O–H groups in total. The maximum Gasteiger partial charge on any atom is 0.123 e. The first-order valence-electron chi connectivity index (χ1n) is 8.02. The van der Waals surface area contributed by atoms with E-state index in [1.807, 2.05) is 6.07 Å². The number of ether oxygens (including phenoxy) is 1. The van der Waals surface area contributed by atoms with Gasteiger partial charge in [0, 0.05) is 34.2 Å². The van der Waals surface area contributed by atoms with Crippen molar-refractivity contribution in [1.82, 2.24) is 5.32 Å². The third kappa shape index (κ3) is 4.07. The summed E-state index contributed by atoms with van der Waals surface area (Å²) in [6.07, 6.45) is 7.32. The van der Waals surface area contributed by atoms with Crippen molar-refractivity contribution in [3.8, 4) is 5.75 Å². The van der Waals surface area contributed by atoms with E-state index in [4.69, 9.17) is 4.74 Å². The summed E-state index contributed by atoms with van der Waals surface area (Å²) in [6.45, 7) is 0.901. The molecule has 0 amide bonds. The highest BCUT2D eigenvalue weighted by Crippen LogP contribution is 2.28. The lowest BCUT2D eigenvalue weighted by atomic mass is 10.1. The van der Waals surface area contributed by atoms with Crippen LogP contribution in [0.3, 0.4) is 0 Å². The first-order chi connectivity index (χ1) is 10.3. The summed E-state index contributed by atoms with van der Waals surface area (Å²) in [6, 6.07) is 7.01. The number of nitrogens with one attached hydrogen (secondary N) is 1. The van der Waals surface area contributed by atoms with Crippen LogP contribution in [0.25, 0.3) is 0 Å². The van der Waals surface area contributed by atoms with Gasteiger partial charge in [-0.1, -0.05) is 18.9 Å². The van der Waals surface area contributed by atoms with Gasteiger partial charge in [0.05, 0.1) is 12.9 Å². The van der Waals surface area contributed by atoms with Gasteiger partial charge in [-0.15, -0.1) is 0 Å². The Morgan fingerprint density at radius 1 is 1.24 bits per heavy atom. The second-order valence-corrected chi connectivity index (χ2v) is 7.95. The second kappa shape index (κ2) is 6.93. The van der Waals surface area contributed by atoms with Crippen molar-refractivity contribution in [3.63, 3.8) is 0 Å². The minimum absolute atomic E-state index is 0.392. The lowest BCUT2D eigenvalue weighted by Crippen LogP contribution is -2.16. The first kappa shape index (κ1) is 15.0. The van der Waals surface area contributed by atoms with Gasteiger partial charge in [0.1, 0.15) is 5.75 Å². The summed E-state index contributed by atoms with van der Waals surface area (Å²) in [5, 5.41) is 3.92. The topological polar surface area (TPSA) is 38.3 Å². The molecular weight excluding hydrogens is 282 g/mol. The van der Waals surface area contributed by atoms with E-state index in [0.717, 1.165) is 30.7 Å². The quantitative estimate of drug-likeness (QED) is 0.841. The maximum absolute atomic E-state index is 12.5. The van der Waals surface area contributed by atoms with E-state index in [1.165, 1.54) is 31.2 Å². The molecule has 1 aromatic carbocycles. The smallest absolute Gasteiger partial charge is 0.123 e. The van der Waals surface area contributed by atoms with Gasteiger partial charge in [-0.2, -0.15) is 0 Å². The Kier molecular flexibility index (Phi) is 4.96. The fraction of sp³-hybridized carbons (Fsp3) is 0.647. The second-order valence-electron chi connectivity index (χ2n) is 6.23. The summed E-state index contributed by atoms with van der Waals surface area (Å²) < 4.78 is 18.0. The Hall–Kier alpha value is -0.870. The molecule has 1 unspecified atom stereocenters. The van der Waals surface area contributed by atoms with Crippen LogP contribution in [0.4, 0.5) is 0 Å². The van der Waals surface area contributed by atoms with Crippen LogP contribution in [-0.4, -0.2) is 22.6 Å². The van der Waals surface area contributed by atoms with Crippen molar-refractivity contribution in [2.45, 2.75) is 62.1 Å². The molecule has 2 aliphatic carbocycles. The standard InChI is InChI=1S/C17H25NO2S/c1-20-17-9-6-13(11-18-15-7-8-15)10-14(17)12-21(19)16-4-2-3-5-16/h6,9-10,15-16,18H,2-5,7-8,11-12H2,1H3. The Morgan fingerprint density at radius 3 is 2.67 bits per heavy atom. The van der Waals surface area contributed by atoms with Crippen LogP contribution in [-0.2, 0) is 23.1 Å². The molecule has 2 aliphatic rings. The summed E-state index contributed by atoms with van der Waals surface area (Å²) >= 11 is 0. The van der Waals surface area contributed by atoms with Gasteiger partial charge >= 0.3 is 0 Å². The molecule has 1 atom stereocenters. The fourth-order valence-electron chi connectivity index (χ4n) is 3.03. The average Bonchev–Trinajstić information content (AvgIpc) is 3.16. The fourth-order valence-corrected chi connectivity index (χ4v) is 4.65. The van der Waals surface area contributed by atoms with Gasteiger partial charge in [0.15, 0.2) is 0 Å². The Morgan fingerprint density at radius 2 is 2.00 bits per heavy atom. The van der Waals surface area contributed by atoms with Crippen molar-refractivity contribution in [3.05, 3.63) is 29.3 Å². The maximum atomic E-state index is 12.5. The molecule has 116 valence electrons. The molecule has 0 aliphatic heterocycles. The molecule has 0 heterocycles. The van der Waals surface area contributed by atoms with Gasteiger partial charge in [-0.05, 0) is 43.4 Å². The molecule has 0 saturated heterocycles. The van der Waals surface area contributed by atoms with Crippen LogP contribution in [0.5, 0.6) is 5.75 Å². The monoisotopic (exact) mass is 307 g/mol. The van der Waals surface area contributed by atoms with E-state index in [9.17, 15) is 4.21 Å². The normalized spacial score (nSPS) is 20.6. The van der Waals surface area contributed by atoms with E-state index in [0.29, 0.717) is 17.0 Å². The minimum Gasteiger partial charge on any atom is -0.496 e. The molecule has 2 fully saturated rings. The number of hydrogen-bond acceptors (Lipinski definition) is 3.